The zero-order chi connectivity index (χ0) is 20.4. The van der Waals surface area contributed by atoms with E-state index in [2.05, 4.69) is 21.6 Å². The highest BCUT2D eigenvalue weighted by molar-refractivity contribution is 8.00. The molecule has 27 heavy (non-hydrogen) atoms. The van der Waals surface area contributed by atoms with Gasteiger partial charge in [0.25, 0.3) is 5.56 Å². The number of amidine groups is 1. The molecule has 2 rings (SSSR count). The average Bonchev–Trinajstić information content (AvgIpc) is 2.70. The molecule has 1 aromatic heterocycles. The van der Waals surface area contributed by atoms with Gasteiger partial charge in [-0.1, -0.05) is 55.4 Å². The van der Waals surface area contributed by atoms with E-state index in [1.807, 2.05) is 39.0 Å². The van der Waals surface area contributed by atoms with Gasteiger partial charge in [-0.25, -0.2) is 5.84 Å². The predicted octanol–water partition coefficient (Wildman–Crippen LogP) is 1.95. The fraction of sp³-hybridized carbons (Fsp3) is 0.222. The Morgan fingerprint density at radius 2 is 1.81 bits per heavy atom. The number of aromatic nitrogens is 1. The number of hydrazine groups is 1. The second kappa shape index (κ2) is 10.7. The number of nitrogens with two attached hydrogens (primary N) is 2. The topological polar surface area (TPSA) is 157 Å². The third kappa shape index (κ3) is 5.11. The van der Waals surface area contributed by atoms with E-state index < -0.39 is 5.56 Å². The quantitative estimate of drug-likeness (QED) is 0.206. The van der Waals surface area contributed by atoms with Crippen molar-refractivity contribution >= 4 is 17.6 Å². The van der Waals surface area contributed by atoms with Crippen LogP contribution in [0.3, 0.4) is 0 Å². The van der Waals surface area contributed by atoms with Crippen LogP contribution in [0.4, 0.5) is 0 Å². The zero-order valence-corrected chi connectivity index (χ0v) is 16.1. The maximum Gasteiger partial charge on any atom is 0.267 e. The molecule has 140 valence electrons. The summed E-state index contributed by atoms with van der Waals surface area (Å²) in [6, 6.07) is 11.2. The van der Waals surface area contributed by atoms with Crippen molar-refractivity contribution in [3.63, 3.8) is 0 Å². The second-order valence-corrected chi connectivity index (χ2v) is 5.99. The zero-order valence-electron chi connectivity index (χ0n) is 15.3. The lowest BCUT2D eigenvalue weighted by atomic mass is 9.97. The van der Waals surface area contributed by atoms with Gasteiger partial charge in [0.05, 0.1) is 16.3 Å². The number of benzene rings is 1. The molecular formula is C18H21N7OS. The van der Waals surface area contributed by atoms with Crippen LogP contribution in [0, 0.1) is 29.6 Å². The lowest BCUT2D eigenvalue weighted by molar-refractivity contribution is 0.995. The maximum atomic E-state index is 12.3. The van der Waals surface area contributed by atoms with Crippen LogP contribution in [0.1, 0.15) is 30.5 Å². The Balaban J connectivity index is 0.00000176. The van der Waals surface area contributed by atoms with Crippen molar-refractivity contribution in [2.24, 2.45) is 16.8 Å². The van der Waals surface area contributed by atoms with E-state index in [9.17, 15) is 15.3 Å². The van der Waals surface area contributed by atoms with Crippen molar-refractivity contribution in [2.75, 3.05) is 5.75 Å². The largest absolute Gasteiger partial charge is 0.322 e. The van der Waals surface area contributed by atoms with Crippen LogP contribution in [0.5, 0.6) is 0 Å². The van der Waals surface area contributed by atoms with Crippen LogP contribution >= 0.6 is 11.8 Å². The summed E-state index contributed by atoms with van der Waals surface area (Å²) in [6.07, 6.45) is 0. The lowest BCUT2D eigenvalue weighted by Gasteiger charge is -2.11. The predicted molar refractivity (Wildman–Crippen MR) is 108 cm³/mol. The molecule has 2 aromatic rings. The SMILES string of the molecule is CC.Cc1ccc(-c2c(C#N)c(SC/C(=N/N)NN)[nH]c(=O)c2C#N)cc1. The second-order valence-electron chi connectivity index (χ2n) is 5.01. The molecule has 0 spiro atoms. The number of aromatic amines is 1. The Hall–Kier alpha value is -3.27. The van der Waals surface area contributed by atoms with E-state index in [1.165, 1.54) is 0 Å². The highest BCUT2D eigenvalue weighted by Gasteiger charge is 2.19. The molecule has 0 aliphatic carbocycles. The number of nitriles is 2. The molecule has 0 radical (unpaired) electrons. The maximum absolute atomic E-state index is 12.3. The van der Waals surface area contributed by atoms with Gasteiger partial charge in [-0.15, -0.1) is 0 Å². The molecule has 8 nitrogen and oxygen atoms in total. The highest BCUT2D eigenvalue weighted by atomic mass is 32.2. The molecule has 0 aliphatic heterocycles. The summed E-state index contributed by atoms with van der Waals surface area (Å²) in [5.41, 5.74) is 3.82. The Kier molecular flexibility index (Phi) is 8.60. The molecule has 0 saturated carbocycles. The standard InChI is InChI=1S/C16H15N7OS.C2H6/c1-9-2-4-10(5-3-9)14-11(6-17)15(24)21-16(12(14)7-18)25-8-13(22-19)23-20;1-2/h2-5H,8,19-20H2,1H3,(H,21,24)(H,22,23);1-2H3. The van der Waals surface area contributed by atoms with Crippen LogP contribution in [0.15, 0.2) is 39.2 Å². The average molecular weight is 383 g/mol. The molecule has 0 bridgehead atoms. The Labute approximate surface area is 161 Å². The minimum absolute atomic E-state index is 0.102. The van der Waals surface area contributed by atoms with Crippen molar-refractivity contribution in [1.82, 2.24) is 10.4 Å². The van der Waals surface area contributed by atoms with Crippen molar-refractivity contribution < 1.29 is 0 Å². The summed E-state index contributed by atoms with van der Waals surface area (Å²) in [6.45, 7) is 5.92. The number of hydrazone groups is 1. The molecule has 1 heterocycles. The fourth-order valence-corrected chi connectivity index (χ4v) is 3.06. The number of H-pyrrole nitrogens is 1. The Bertz CT molecular complexity index is 950. The van der Waals surface area contributed by atoms with Crippen LogP contribution in [0.2, 0.25) is 0 Å². The van der Waals surface area contributed by atoms with Crippen molar-refractivity contribution in [3.05, 3.63) is 51.3 Å². The number of hydrogen-bond donors (Lipinski definition) is 4. The number of aryl methyl sites for hydroxylation is 1. The minimum atomic E-state index is -0.563. The number of hydrogen-bond acceptors (Lipinski definition) is 7. The van der Waals surface area contributed by atoms with E-state index in [0.717, 1.165) is 17.3 Å². The third-order valence-electron chi connectivity index (χ3n) is 3.42. The number of pyridine rings is 1. The molecule has 0 amide bonds. The number of thioether (sulfide) groups is 1. The molecule has 0 unspecified atom stereocenters. The van der Waals surface area contributed by atoms with Gasteiger partial charge in [0.2, 0.25) is 0 Å². The first-order valence-corrected chi connectivity index (χ1v) is 9.08. The van der Waals surface area contributed by atoms with Crippen LogP contribution in [-0.2, 0) is 0 Å². The third-order valence-corrected chi connectivity index (χ3v) is 4.43. The Morgan fingerprint density at radius 3 is 2.30 bits per heavy atom. The lowest BCUT2D eigenvalue weighted by Crippen LogP contribution is -2.33. The summed E-state index contributed by atoms with van der Waals surface area (Å²) in [5.74, 6) is 11.0. The van der Waals surface area contributed by atoms with Crippen molar-refractivity contribution in [1.29, 1.82) is 10.5 Å². The van der Waals surface area contributed by atoms with Crippen molar-refractivity contribution in [2.45, 2.75) is 25.8 Å². The molecule has 0 aliphatic rings. The molecule has 0 fully saturated rings. The van der Waals surface area contributed by atoms with Crippen molar-refractivity contribution in [3.8, 4) is 23.3 Å². The van der Waals surface area contributed by atoms with E-state index in [1.54, 1.807) is 12.1 Å². The summed E-state index contributed by atoms with van der Waals surface area (Å²) in [5, 5.41) is 22.8. The monoisotopic (exact) mass is 383 g/mol. The first kappa shape index (κ1) is 21.8. The van der Waals surface area contributed by atoms with Gasteiger partial charge in [-0.05, 0) is 12.5 Å². The van der Waals surface area contributed by atoms with Gasteiger partial charge in [-0.3, -0.25) is 4.79 Å². The van der Waals surface area contributed by atoms with Gasteiger partial charge < -0.3 is 16.3 Å². The molecule has 0 atom stereocenters. The van der Waals surface area contributed by atoms with Gasteiger partial charge in [0, 0.05) is 5.56 Å². The molecule has 0 saturated heterocycles. The summed E-state index contributed by atoms with van der Waals surface area (Å²) in [7, 11) is 0. The first-order valence-electron chi connectivity index (χ1n) is 8.09. The number of nitrogens with one attached hydrogen (secondary N) is 2. The Morgan fingerprint density at radius 1 is 1.22 bits per heavy atom. The van der Waals surface area contributed by atoms with Crippen LogP contribution in [-0.4, -0.2) is 16.6 Å². The fourth-order valence-electron chi connectivity index (χ4n) is 2.17. The minimum Gasteiger partial charge on any atom is -0.322 e. The summed E-state index contributed by atoms with van der Waals surface area (Å²) < 4.78 is 0. The van der Waals surface area contributed by atoms with E-state index in [0.29, 0.717) is 16.2 Å². The summed E-state index contributed by atoms with van der Waals surface area (Å²) >= 11 is 1.13. The smallest absolute Gasteiger partial charge is 0.267 e. The normalized spacial score (nSPS) is 10.2. The molecular weight excluding hydrogens is 362 g/mol. The van der Waals surface area contributed by atoms with E-state index in [4.69, 9.17) is 11.7 Å². The molecule has 9 heteroatoms. The number of rotatable bonds is 4. The first-order chi connectivity index (χ1) is 13.0. The van der Waals surface area contributed by atoms with E-state index in [-0.39, 0.29) is 22.7 Å². The molecule has 1 aromatic carbocycles. The van der Waals surface area contributed by atoms with Crippen LogP contribution < -0.4 is 22.7 Å². The highest BCUT2D eigenvalue weighted by Crippen LogP contribution is 2.31. The van der Waals surface area contributed by atoms with E-state index >= 15 is 0 Å². The van der Waals surface area contributed by atoms with Gasteiger partial charge in [0.1, 0.15) is 23.5 Å². The van der Waals surface area contributed by atoms with Gasteiger partial charge in [0.15, 0.2) is 0 Å². The molecule has 6 N–H and O–H groups in total. The summed E-state index contributed by atoms with van der Waals surface area (Å²) in [4.78, 5) is 14.9. The number of nitrogens with zero attached hydrogens (tertiary/aromatic N) is 3. The van der Waals surface area contributed by atoms with Gasteiger partial charge >= 0.3 is 0 Å². The van der Waals surface area contributed by atoms with Gasteiger partial charge in [-0.2, -0.15) is 15.6 Å². The van der Waals surface area contributed by atoms with Crippen LogP contribution in [0.25, 0.3) is 11.1 Å².